The number of nitrogens with one attached hydrogen (secondary N) is 1. The van der Waals surface area contributed by atoms with Gasteiger partial charge in [-0.15, -0.1) is 0 Å². The first-order valence-corrected chi connectivity index (χ1v) is 9.75. The van der Waals surface area contributed by atoms with Gasteiger partial charge in [0.05, 0.1) is 12.1 Å². The molecule has 5 nitrogen and oxygen atoms in total. The Balaban J connectivity index is 1.55. The van der Waals surface area contributed by atoms with Crippen molar-refractivity contribution in [2.45, 2.75) is 33.7 Å². The second-order valence-electron chi connectivity index (χ2n) is 7.37. The molecule has 146 valence electrons. The van der Waals surface area contributed by atoms with Gasteiger partial charge in [-0.25, -0.2) is 9.50 Å². The smallest absolute Gasteiger partial charge is 0.224 e. The lowest BCUT2D eigenvalue weighted by atomic mass is 10.1. The number of hydrogen-bond donors (Lipinski definition) is 1. The third-order valence-corrected chi connectivity index (χ3v) is 5.18. The summed E-state index contributed by atoms with van der Waals surface area (Å²) in [5, 5.41) is 7.72. The van der Waals surface area contributed by atoms with Gasteiger partial charge in [0.15, 0.2) is 5.65 Å². The van der Waals surface area contributed by atoms with E-state index in [1.54, 1.807) is 0 Å². The molecule has 4 rings (SSSR count). The van der Waals surface area contributed by atoms with Crippen LogP contribution in [0, 0.1) is 20.8 Å². The van der Waals surface area contributed by atoms with Crippen LogP contribution in [0.5, 0.6) is 0 Å². The maximum atomic E-state index is 12.6. The minimum atomic E-state index is -0.0200. The lowest BCUT2D eigenvalue weighted by Gasteiger charge is -2.11. The predicted octanol–water partition coefficient (Wildman–Crippen LogP) is 4.18. The molecule has 4 aromatic rings. The molecule has 0 radical (unpaired) electrons. The van der Waals surface area contributed by atoms with Crippen molar-refractivity contribution in [2.24, 2.45) is 0 Å². The number of amides is 1. The molecule has 2 aromatic carbocycles. The Morgan fingerprint density at radius 3 is 2.45 bits per heavy atom. The van der Waals surface area contributed by atoms with Gasteiger partial charge in [-0.05, 0) is 26.3 Å². The van der Waals surface area contributed by atoms with E-state index in [-0.39, 0.29) is 12.3 Å². The van der Waals surface area contributed by atoms with E-state index in [2.05, 4.69) is 29.4 Å². The van der Waals surface area contributed by atoms with Crippen LogP contribution in [0.25, 0.3) is 16.9 Å². The largest absolute Gasteiger partial charge is 0.352 e. The molecule has 0 fully saturated rings. The van der Waals surface area contributed by atoms with Crippen molar-refractivity contribution in [1.82, 2.24) is 19.9 Å². The third kappa shape index (κ3) is 4.04. The minimum absolute atomic E-state index is 0.0200. The van der Waals surface area contributed by atoms with E-state index in [1.807, 2.05) is 66.9 Å². The van der Waals surface area contributed by atoms with Crippen molar-refractivity contribution in [3.05, 3.63) is 88.7 Å². The monoisotopic (exact) mass is 384 g/mol. The van der Waals surface area contributed by atoms with E-state index in [0.717, 1.165) is 39.4 Å². The Morgan fingerprint density at radius 2 is 1.72 bits per heavy atom. The first kappa shape index (κ1) is 18.9. The molecule has 2 heterocycles. The number of fused-ring (bicyclic) bond motifs is 1. The predicted molar refractivity (Wildman–Crippen MR) is 115 cm³/mol. The van der Waals surface area contributed by atoms with Crippen LogP contribution in [-0.2, 0) is 17.8 Å². The number of rotatable bonds is 5. The molecule has 0 atom stereocenters. The Kier molecular flexibility index (Phi) is 5.12. The van der Waals surface area contributed by atoms with Crippen LogP contribution < -0.4 is 5.32 Å². The first-order valence-electron chi connectivity index (χ1n) is 9.75. The van der Waals surface area contributed by atoms with Gasteiger partial charge >= 0.3 is 0 Å². The molecular weight excluding hydrogens is 360 g/mol. The average Bonchev–Trinajstić information content (AvgIpc) is 3.15. The second-order valence-corrected chi connectivity index (χ2v) is 7.37. The number of hydrogen-bond acceptors (Lipinski definition) is 3. The molecule has 0 aliphatic rings. The highest BCUT2D eigenvalue weighted by Gasteiger charge is 2.15. The third-order valence-electron chi connectivity index (χ3n) is 5.18. The van der Waals surface area contributed by atoms with Crippen molar-refractivity contribution in [3.8, 4) is 11.3 Å². The van der Waals surface area contributed by atoms with Gasteiger partial charge < -0.3 is 5.32 Å². The van der Waals surface area contributed by atoms with Crippen molar-refractivity contribution in [2.75, 3.05) is 0 Å². The normalized spacial score (nSPS) is 11.0. The highest BCUT2D eigenvalue weighted by Crippen LogP contribution is 2.22. The van der Waals surface area contributed by atoms with Gasteiger partial charge in [0.25, 0.3) is 0 Å². The average molecular weight is 384 g/mol. The van der Waals surface area contributed by atoms with Crippen LogP contribution in [0.4, 0.5) is 0 Å². The zero-order valence-corrected chi connectivity index (χ0v) is 16.9. The molecule has 0 unspecified atom stereocenters. The van der Waals surface area contributed by atoms with Crippen LogP contribution in [-0.4, -0.2) is 20.5 Å². The quantitative estimate of drug-likeness (QED) is 0.561. The van der Waals surface area contributed by atoms with Crippen molar-refractivity contribution >= 4 is 11.6 Å². The molecule has 0 aliphatic carbocycles. The number of nitrogens with zero attached hydrogens (tertiary/aromatic N) is 3. The zero-order valence-electron chi connectivity index (χ0n) is 16.9. The van der Waals surface area contributed by atoms with E-state index in [9.17, 15) is 4.79 Å². The SMILES string of the molecule is Cc1ccc(CNC(=O)Cc2c(C)nc3cc(-c4ccccc4)nn3c2C)cc1. The van der Waals surface area contributed by atoms with Gasteiger partial charge in [-0.2, -0.15) is 5.10 Å². The van der Waals surface area contributed by atoms with Gasteiger partial charge in [0, 0.05) is 35.1 Å². The summed E-state index contributed by atoms with van der Waals surface area (Å²) < 4.78 is 1.83. The summed E-state index contributed by atoms with van der Waals surface area (Å²) in [5.41, 5.74) is 7.74. The van der Waals surface area contributed by atoms with Gasteiger partial charge in [-0.3, -0.25) is 4.79 Å². The zero-order chi connectivity index (χ0) is 20.4. The molecular formula is C24H24N4O. The van der Waals surface area contributed by atoms with Gasteiger partial charge in [0.1, 0.15) is 0 Å². The van der Waals surface area contributed by atoms with Crippen LogP contribution in [0.15, 0.2) is 60.7 Å². The molecule has 0 bridgehead atoms. The number of benzene rings is 2. The Morgan fingerprint density at radius 1 is 1.00 bits per heavy atom. The molecule has 0 spiro atoms. The Bertz CT molecular complexity index is 1160. The van der Waals surface area contributed by atoms with Crippen molar-refractivity contribution in [1.29, 1.82) is 0 Å². The molecule has 0 saturated heterocycles. The minimum Gasteiger partial charge on any atom is -0.352 e. The van der Waals surface area contributed by atoms with Crippen LogP contribution in [0.2, 0.25) is 0 Å². The fourth-order valence-electron chi connectivity index (χ4n) is 3.46. The number of aryl methyl sites for hydroxylation is 3. The fourth-order valence-corrected chi connectivity index (χ4v) is 3.46. The maximum Gasteiger partial charge on any atom is 0.224 e. The van der Waals surface area contributed by atoms with Crippen LogP contribution in [0.3, 0.4) is 0 Å². The lowest BCUT2D eigenvalue weighted by Crippen LogP contribution is -2.25. The Labute approximate surface area is 170 Å². The molecule has 0 saturated carbocycles. The van der Waals surface area contributed by atoms with E-state index in [0.29, 0.717) is 6.54 Å². The topological polar surface area (TPSA) is 59.3 Å². The fraction of sp³-hybridized carbons (Fsp3) is 0.208. The summed E-state index contributed by atoms with van der Waals surface area (Å²) >= 11 is 0. The molecule has 29 heavy (non-hydrogen) atoms. The van der Waals surface area contributed by atoms with E-state index < -0.39 is 0 Å². The molecule has 2 aromatic heterocycles. The Hall–Kier alpha value is -3.47. The maximum absolute atomic E-state index is 12.6. The summed E-state index contributed by atoms with van der Waals surface area (Å²) in [5.74, 6) is -0.0200. The highest BCUT2D eigenvalue weighted by atomic mass is 16.1. The number of aromatic nitrogens is 3. The summed E-state index contributed by atoms with van der Waals surface area (Å²) in [6.07, 6.45) is 0.285. The summed E-state index contributed by atoms with van der Waals surface area (Å²) in [6.45, 7) is 6.51. The summed E-state index contributed by atoms with van der Waals surface area (Å²) in [4.78, 5) is 17.2. The van der Waals surface area contributed by atoms with Crippen molar-refractivity contribution in [3.63, 3.8) is 0 Å². The standard InChI is InChI=1S/C24H24N4O/c1-16-9-11-19(12-10-16)15-25-24(29)13-21-17(2)26-23-14-22(27-28(23)18(21)3)20-7-5-4-6-8-20/h4-12,14H,13,15H2,1-3H3,(H,25,29). The van der Waals surface area contributed by atoms with E-state index in [4.69, 9.17) is 5.10 Å². The molecule has 1 N–H and O–H groups in total. The van der Waals surface area contributed by atoms with E-state index >= 15 is 0 Å². The molecule has 1 amide bonds. The summed E-state index contributed by atoms with van der Waals surface area (Å²) in [6, 6.07) is 20.2. The first-order chi connectivity index (χ1) is 14.0. The van der Waals surface area contributed by atoms with Crippen LogP contribution in [0.1, 0.15) is 28.1 Å². The van der Waals surface area contributed by atoms with Gasteiger partial charge in [0.2, 0.25) is 5.91 Å². The van der Waals surface area contributed by atoms with Crippen LogP contribution >= 0.6 is 0 Å². The highest BCUT2D eigenvalue weighted by molar-refractivity contribution is 5.79. The number of carbonyl (C=O) groups excluding carboxylic acids is 1. The molecule has 5 heteroatoms. The van der Waals surface area contributed by atoms with Gasteiger partial charge in [-0.1, -0.05) is 60.2 Å². The lowest BCUT2D eigenvalue weighted by molar-refractivity contribution is -0.120. The number of carbonyl (C=O) groups is 1. The second kappa shape index (κ2) is 7.87. The molecule has 0 aliphatic heterocycles. The summed E-state index contributed by atoms with van der Waals surface area (Å²) in [7, 11) is 0. The van der Waals surface area contributed by atoms with Crippen molar-refractivity contribution < 1.29 is 4.79 Å². The van der Waals surface area contributed by atoms with E-state index in [1.165, 1.54) is 5.56 Å².